The van der Waals surface area contributed by atoms with E-state index in [4.69, 9.17) is 9.47 Å². The van der Waals surface area contributed by atoms with Crippen LogP contribution < -0.4 is 10.1 Å². The molecule has 0 fully saturated rings. The van der Waals surface area contributed by atoms with Gasteiger partial charge in [-0.1, -0.05) is 12.1 Å². The molecule has 3 heteroatoms. The molecule has 0 heterocycles. The first-order valence-corrected chi connectivity index (χ1v) is 4.16. The molecule has 0 bridgehead atoms. The molecular weight excluding hydrogens is 166 g/mol. The van der Waals surface area contributed by atoms with Crippen LogP contribution in [-0.4, -0.2) is 21.3 Å². The summed E-state index contributed by atoms with van der Waals surface area (Å²) in [5.41, 5.74) is 1.09. The highest BCUT2D eigenvalue weighted by atomic mass is 16.5. The lowest BCUT2D eigenvalue weighted by molar-refractivity contribution is 0.0808. The maximum Gasteiger partial charge on any atom is 0.133 e. The molecule has 0 aliphatic rings. The number of rotatable bonds is 4. The van der Waals surface area contributed by atoms with Crippen molar-refractivity contribution in [3.05, 3.63) is 29.8 Å². The molecule has 1 aromatic carbocycles. The van der Waals surface area contributed by atoms with Crippen LogP contribution in [0.15, 0.2) is 24.3 Å². The molecule has 0 aliphatic heterocycles. The number of hydrogen-bond acceptors (Lipinski definition) is 3. The van der Waals surface area contributed by atoms with E-state index >= 15 is 0 Å². The third-order valence-electron chi connectivity index (χ3n) is 1.92. The SMILES string of the molecule is CN[C@H](OC)c1ccc(OC)cc1. The normalized spacial score (nSPS) is 12.5. The molecule has 1 rings (SSSR count). The van der Waals surface area contributed by atoms with Crippen LogP contribution in [0, 0.1) is 0 Å². The van der Waals surface area contributed by atoms with Gasteiger partial charge in [-0.2, -0.15) is 0 Å². The molecule has 0 saturated heterocycles. The Balaban J connectivity index is 2.78. The van der Waals surface area contributed by atoms with Gasteiger partial charge in [0.15, 0.2) is 0 Å². The molecule has 1 atom stereocenters. The van der Waals surface area contributed by atoms with Crippen LogP contribution in [0.1, 0.15) is 11.8 Å². The zero-order valence-electron chi connectivity index (χ0n) is 8.20. The fourth-order valence-electron chi connectivity index (χ4n) is 1.20. The Hall–Kier alpha value is -1.06. The number of nitrogens with one attached hydrogen (secondary N) is 1. The Bertz CT molecular complexity index is 242. The molecule has 0 amide bonds. The topological polar surface area (TPSA) is 30.5 Å². The van der Waals surface area contributed by atoms with Crippen molar-refractivity contribution in [2.75, 3.05) is 21.3 Å². The summed E-state index contributed by atoms with van der Waals surface area (Å²) >= 11 is 0. The van der Waals surface area contributed by atoms with Gasteiger partial charge in [-0.15, -0.1) is 0 Å². The van der Waals surface area contributed by atoms with Crippen molar-refractivity contribution in [1.29, 1.82) is 0 Å². The highest BCUT2D eigenvalue weighted by molar-refractivity contribution is 5.28. The minimum atomic E-state index is -0.0501. The quantitative estimate of drug-likeness (QED) is 0.715. The molecule has 72 valence electrons. The second-order valence-electron chi connectivity index (χ2n) is 2.68. The molecule has 0 aromatic heterocycles. The Morgan fingerprint density at radius 3 is 2.15 bits per heavy atom. The van der Waals surface area contributed by atoms with E-state index in [0.29, 0.717) is 0 Å². The largest absolute Gasteiger partial charge is 0.497 e. The number of ether oxygens (including phenoxy) is 2. The van der Waals surface area contributed by atoms with Gasteiger partial charge < -0.3 is 9.47 Å². The predicted octanol–water partition coefficient (Wildman–Crippen LogP) is 1.56. The lowest BCUT2D eigenvalue weighted by atomic mass is 10.2. The molecule has 1 aromatic rings. The fourth-order valence-corrected chi connectivity index (χ4v) is 1.20. The van der Waals surface area contributed by atoms with E-state index in [-0.39, 0.29) is 6.23 Å². The maximum absolute atomic E-state index is 5.21. The highest BCUT2D eigenvalue weighted by Crippen LogP contribution is 2.17. The van der Waals surface area contributed by atoms with Crippen LogP contribution in [-0.2, 0) is 4.74 Å². The van der Waals surface area contributed by atoms with Crippen molar-refractivity contribution < 1.29 is 9.47 Å². The molecule has 1 N–H and O–H groups in total. The van der Waals surface area contributed by atoms with Gasteiger partial charge in [-0.3, -0.25) is 5.32 Å². The van der Waals surface area contributed by atoms with Crippen molar-refractivity contribution in [1.82, 2.24) is 5.32 Å². The highest BCUT2D eigenvalue weighted by Gasteiger charge is 2.05. The van der Waals surface area contributed by atoms with E-state index in [1.54, 1.807) is 14.2 Å². The van der Waals surface area contributed by atoms with E-state index < -0.39 is 0 Å². The van der Waals surface area contributed by atoms with Gasteiger partial charge >= 0.3 is 0 Å². The van der Waals surface area contributed by atoms with Crippen LogP contribution in [0.3, 0.4) is 0 Å². The van der Waals surface area contributed by atoms with Crippen molar-refractivity contribution in [2.24, 2.45) is 0 Å². The third-order valence-corrected chi connectivity index (χ3v) is 1.92. The lowest BCUT2D eigenvalue weighted by Crippen LogP contribution is -2.17. The molecule has 0 unspecified atom stereocenters. The average Bonchev–Trinajstić information content (AvgIpc) is 2.21. The summed E-state index contributed by atoms with van der Waals surface area (Å²) in [5.74, 6) is 0.856. The van der Waals surface area contributed by atoms with Crippen LogP contribution in [0.25, 0.3) is 0 Å². The van der Waals surface area contributed by atoms with Crippen LogP contribution >= 0.6 is 0 Å². The second kappa shape index (κ2) is 4.84. The average molecular weight is 181 g/mol. The van der Waals surface area contributed by atoms with E-state index in [0.717, 1.165) is 11.3 Å². The third kappa shape index (κ3) is 2.44. The van der Waals surface area contributed by atoms with Crippen molar-refractivity contribution >= 4 is 0 Å². The zero-order chi connectivity index (χ0) is 9.68. The Kier molecular flexibility index (Phi) is 3.73. The van der Waals surface area contributed by atoms with Crippen LogP contribution in [0.2, 0.25) is 0 Å². The maximum atomic E-state index is 5.21. The van der Waals surface area contributed by atoms with Crippen LogP contribution in [0.4, 0.5) is 0 Å². The van der Waals surface area contributed by atoms with E-state index in [2.05, 4.69) is 5.32 Å². The Labute approximate surface area is 78.7 Å². The van der Waals surface area contributed by atoms with Crippen LogP contribution in [0.5, 0.6) is 5.75 Å². The lowest BCUT2D eigenvalue weighted by Gasteiger charge is -2.14. The molecule has 13 heavy (non-hydrogen) atoms. The van der Waals surface area contributed by atoms with Gasteiger partial charge in [0.25, 0.3) is 0 Å². The smallest absolute Gasteiger partial charge is 0.133 e. The Morgan fingerprint density at radius 1 is 1.15 bits per heavy atom. The van der Waals surface area contributed by atoms with E-state index in [9.17, 15) is 0 Å². The first-order valence-electron chi connectivity index (χ1n) is 4.16. The minimum Gasteiger partial charge on any atom is -0.497 e. The van der Waals surface area contributed by atoms with Gasteiger partial charge in [0.1, 0.15) is 12.0 Å². The molecule has 0 saturated carbocycles. The summed E-state index contributed by atoms with van der Waals surface area (Å²) in [6.45, 7) is 0. The monoisotopic (exact) mass is 181 g/mol. The molecule has 0 aliphatic carbocycles. The summed E-state index contributed by atoms with van der Waals surface area (Å²) in [7, 11) is 5.19. The Morgan fingerprint density at radius 2 is 1.77 bits per heavy atom. The summed E-state index contributed by atoms with van der Waals surface area (Å²) in [5, 5.41) is 3.04. The first-order chi connectivity index (χ1) is 6.31. The van der Waals surface area contributed by atoms with Gasteiger partial charge in [0.05, 0.1) is 7.11 Å². The first kappa shape index (κ1) is 10.0. The second-order valence-corrected chi connectivity index (χ2v) is 2.68. The van der Waals surface area contributed by atoms with Gasteiger partial charge in [-0.25, -0.2) is 0 Å². The van der Waals surface area contributed by atoms with E-state index in [1.165, 1.54) is 0 Å². The standard InChI is InChI=1S/C10H15NO2/c1-11-10(13-3)8-4-6-9(12-2)7-5-8/h4-7,10-11H,1-3H3/t10-/m1/s1. The number of methoxy groups -OCH3 is 2. The molecule has 0 radical (unpaired) electrons. The molecular formula is C10H15NO2. The molecule has 0 spiro atoms. The van der Waals surface area contributed by atoms with Gasteiger partial charge in [0, 0.05) is 7.11 Å². The zero-order valence-corrected chi connectivity index (χ0v) is 8.20. The van der Waals surface area contributed by atoms with Gasteiger partial charge in [0.2, 0.25) is 0 Å². The fraction of sp³-hybridized carbons (Fsp3) is 0.400. The minimum absolute atomic E-state index is 0.0501. The van der Waals surface area contributed by atoms with Crippen molar-refractivity contribution in [3.63, 3.8) is 0 Å². The van der Waals surface area contributed by atoms with Gasteiger partial charge in [-0.05, 0) is 24.7 Å². The predicted molar refractivity (Wildman–Crippen MR) is 51.8 cm³/mol. The summed E-state index contributed by atoms with van der Waals surface area (Å²) in [6, 6.07) is 7.78. The van der Waals surface area contributed by atoms with E-state index in [1.807, 2.05) is 31.3 Å². The molecule has 3 nitrogen and oxygen atoms in total. The van der Waals surface area contributed by atoms with Crippen molar-refractivity contribution in [3.8, 4) is 5.75 Å². The number of hydrogen-bond donors (Lipinski definition) is 1. The summed E-state index contributed by atoms with van der Waals surface area (Å²) < 4.78 is 10.3. The summed E-state index contributed by atoms with van der Waals surface area (Å²) in [4.78, 5) is 0. The summed E-state index contributed by atoms with van der Waals surface area (Å²) in [6.07, 6.45) is -0.0501. The van der Waals surface area contributed by atoms with Crippen molar-refractivity contribution in [2.45, 2.75) is 6.23 Å². The number of benzene rings is 1.